The second kappa shape index (κ2) is 6.89. The van der Waals surface area contributed by atoms with E-state index in [1.807, 2.05) is 4.83 Å². The molecule has 8 nitrogen and oxygen atoms in total. The first-order valence-corrected chi connectivity index (χ1v) is 8.70. The van der Waals surface area contributed by atoms with Gasteiger partial charge < -0.3 is 5.11 Å². The third-order valence-electron chi connectivity index (χ3n) is 3.59. The average molecular weight is 363 g/mol. The van der Waals surface area contributed by atoms with Crippen LogP contribution < -0.4 is 4.83 Å². The summed E-state index contributed by atoms with van der Waals surface area (Å²) in [6.07, 6.45) is 1.29. The van der Waals surface area contributed by atoms with E-state index in [4.69, 9.17) is 0 Å². The van der Waals surface area contributed by atoms with Crippen molar-refractivity contribution in [3.05, 3.63) is 62.7 Å². The predicted molar refractivity (Wildman–Crippen MR) is 93.3 cm³/mol. The normalized spacial score (nSPS) is 11.6. The average Bonchev–Trinajstić information content (AvgIpc) is 2.52. The number of hydrazone groups is 1. The van der Waals surface area contributed by atoms with Gasteiger partial charge in [0.05, 0.1) is 16.0 Å². The summed E-state index contributed by atoms with van der Waals surface area (Å²) in [6.45, 7) is 4.96. The number of phenols is 1. The molecule has 0 atom stereocenters. The molecule has 0 radical (unpaired) electrons. The van der Waals surface area contributed by atoms with Crippen LogP contribution in [0.3, 0.4) is 0 Å². The van der Waals surface area contributed by atoms with Crippen LogP contribution in [0.5, 0.6) is 5.75 Å². The van der Waals surface area contributed by atoms with Crippen LogP contribution in [0.2, 0.25) is 0 Å². The molecule has 0 aliphatic carbocycles. The summed E-state index contributed by atoms with van der Waals surface area (Å²) in [7, 11) is -4.03. The van der Waals surface area contributed by atoms with Crippen molar-refractivity contribution in [2.45, 2.75) is 25.7 Å². The maximum absolute atomic E-state index is 12.2. The minimum Gasteiger partial charge on any atom is -0.507 e. The van der Waals surface area contributed by atoms with Crippen LogP contribution in [0, 0.1) is 30.9 Å². The molecule has 25 heavy (non-hydrogen) atoms. The van der Waals surface area contributed by atoms with Gasteiger partial charge >= 0.3 is 0 Å². The van der Waals surface area contributed by atoms with Crippen molar-refractivity contribution in [1.82, 2.24) is 4.83 Å². The summed E-state index contributed by atoms with van der Waals surface area (Å²) in [4.78, 5) is 12.1. The Morgan fingerprint density at radius 3 is 2.28 bits per heavy atom. The Balaban J connectivity index is 2.25. The maximum atomic E-state index is 12.2. The van der Waals surface area contributed by atoms with Gasteiger partial charge in [-0.25, -0.2) is 4.83 Å². The first kappa shape index (κ1) is 18.4. The number of rotatable bonds is 5. The van der Waals surface area contributed by atoms with Gasteiger partial charge in [0.2, 0.25) is 0 Å². The molecule has 132 valence electrons. The quantitative estimate of drug-likeness (QED) is 0.480. The Labute approximate surface area is 145 Å². The fourth-order valence-electron chi connectivity index (χ4n) is 2.24. The number of nitrogens with zero attached hydrogens (tertiary/aromatic N) is 2. The van der Waals surface area contributed by atoms with E-state index in [0.717, 1.165) is 6.07 Å². The first-order valence-electron chi connectivity index (χ1n) is 7.22. The standard InChI is InChI=1S/C16H17N3O5S/c1-10-4-5-14(8-15(10)19(21)22)25(23,24)18-17-9-13-6-11(2)16(20)12(3)7-13/h4-9,18,20H,1-3H3/b17-9+. The number of hydrogen-bond donors (Lipinski definition) is 2. The topological polar surface area (TPSA) is 122 Å². The van der Waals surface area contributed by atoms with E-state index in [0.29, 0.717) is 22.3 Å². The van der Waals surface area contributed by atoms with E-state index in [1.54, 1.807) is 26.0 Å². The molecule has 0 spiro atoms. The van der Waals surface area contributed by atoms with Gasteiger partial charge in [-0.15, -0.1) is 0 Å². The first-order chi connectivity index (χ1) is 11.6. The summed E-state index contributed by atoms with van der Waals surface area (Å²) >= 11 is 0. The van der Waals surface area contributed by atoms with Gasteiger partial charge in [0.1, 0.15) is 5.75 Å². The van der Waals surface area contributed by atoms with Crippen molar-refractivity contribution in [2.75, 3.05) is 0 Å². The summed E-state index contributed by atoms with van der Waals surface area (Å²) in [5.74, 6) is 0.171. The molecule has 0 saturated heterocycles. The molecule has 2 aromatic carbocycles. The molecule has 0 aliphatic heterocycles. The molecule has 0 unspecified atom stereocenters. The molecule has 2 rings (SSSR count). The summed E-state index contributed by atoms with van der Waals surface area (Å²) < 4.78 is 24.4. The molecule has 2 N–H and O–H groups in total. The molecule has 0 aliphatic rings. The van der Waals surface area contributed by atoms with Crippen molar-refractivity contribution < 1.29 is 18.4 Å². The number of sulfonamides is 1. The minimum atomic E-state index is -4.03. The lowest BCUT2D eigenvalue weighted by Crippen LogP contribution is -2.18. The van der Waals surface area contributed by atoms with E-state index in [9.17, 15) is 23.6 Å². The van der Waals surface area contributed by atoms with Gasteiger partial charge in [-0.1, -0.05) is 6.07 Å². The molecular weight excluding hydrogens is 346 g/mol. The molecule has 0 bridgehead atoms. The lowest BCUT2D eigenvalue weighted by molar-refractivity contribution is -0.385. The Morgan fingerprint density at radius 2 is 1.72 bits per heavy atom. The zero-order valence-corrected chi connectivity index (χ0v) is 14.7. The lowest BCUT2D eigenvalue weighted by atomic mass is 10.1. The van der Waals surface area contributed by atoms with Crippen molar-refractivity contribution in [1.29, 1.82) is 0 Å². The van der Waals surface area contributed by atoms with Crippen molar-refractivity contribution >= 4 is 21.9 Å². The highest BCUT2D eigenvalue weighted by molar-refractivity contribution is 7.89. The maximum Gasteiger partial charge on any atom is 0.276 e. The highest BCUT2D eigenvalue weighted by Crippen LogP contribution is 2.23. The number of nitrogens with one attached hydrogen (secondary N) is 1. The van der Waals surface area contributed by atoms with Crippen molar-refractivity contribution in [2.24, 2.45) is 5.10 Å². The van der Waals surface area contributed by atoms with E-state index in [1.165, 1.54) is 25.3 Å². The smallest absolute Gasteiger partial charge is 0.276 e. The zero-order chi connectivity index (χ0) is 18.8. The monoisotopic (exact) mass is 363 g/mol. The summed E-state index contributed by atoms with van der Waals surface area (Å²) in [6, 6.07) is 6.92. The van der Waals surface area contributed by atoms with Gasteiger partial charge in [-0.05, 0) is 55.7 Å². The zero-order valence-electron chi connectivity index (χ0n) is 13.8. The van der Waals surface area contributed by atoms with Crippen molar-refractivity contribution in [3.63, 3.8) is 0 Å². The molecular formula is C16H17N3O5S. The number of aromatic hydroxyl groups is 1. The Kier molecular flexibility index (Phi) is 5.07. The fourth-order valence-corrected chi connectivity index (χ4v) is 3.05. The number of aryl methyl sites for hydroxylation is 3. The minimum absolute atomic E-state index is 0.171. The van der Waals surface area contributed by atoms with E-state index in [2.05, 4.69) is 5.10 Å². The van der Waals surface area contributed by atoms with Crippen LogP contribution in [-0.2, 0) is 10.0 Å². The van der Waals surface area contributed by atoms with E-state index < -0.39 is 14.9 Å². The van der Waals surface area contributed by atoms with Crippen LogP contribution in [-0.4, -0.2) is 24.7 Å². The molecule has 9 heteroatoms. The van der Waals surface area contributed by atoms with Gasteiger partial charge in [-0.3, -0.25) is 10.1 Å². The number of hydrogen-bond acceptors (Lipinski definition) is 6. The SMILES string of the molecule is Cc1ccc(S(=O)(=O)N/N=C/c2cc(C)c(O)c(C)c2)cc1[N+](=O)[O-]. The van der Waals surface area contributed by atoms with Gasteiger partial charge in [-0.2, -0.15) is 13.5 Å². The number of benzene rings is 2. The molecule has 0 heterocycles. The Morgan fingerprint density at radius 1 is 1.12 bits per heavy atom. The predicted octanol–water partition coefficient (Wildman–Crippen LogP) is 2.54. The van der Waals surface area contributed by atoms with Crippen molar-refractivity contribution in [3.8, 4) is 5.75 Å². The third-order valence-corrected chi connectivity index (χ3v) is 4.81. The highest BCUT2D eigenvalue weighted by atomic mass is 32.2. The van der Waals surface area contributed by atoms with Crippen LogP contribution in [0.25, 0.3) is 0 Å². The number of phenolic OH excluding ortho intramolecular Hbond substituents is 1. The Bertz CT molecular complexity index is 945. The number of nitro benzene ring substituents is 1. The van der Waals surface area contributed by atoms with Crippen LogP contribution in [0.4, 0.5) is 5.69 Å². The summed E-state index contributed by atoms with van der Waals surface area (Å²) in [5.41, 5.74) is 1.96. The fraction of sp³-hybridized carbons (Fsp3) is 0.188. The Hall–Kier alpha value is -2.94. The second-order valence-electron chi connectivity index (χ2n) is 5.56. The third kappa shape index (κ3) is 4.13. The van der Waals surface area contributed by atoms with E-state index >= 15 is 0 Å². The number of nitro groups is 1. The summed E-state index contributed by atoms with van der Waals surface area (Å²) in [5, 5.41) is 24.3. The lowest BCUT2D eigenvalue weighted by Gasteiger charge is -2.06. The van der Waals surface area contributed by atoms with Gasteiger partial charge in [0.25, 0.3) is 15.7 Å². The van der Waals surface area contributed by atoms with Crippen LogP contribution in [0.1, 0.15) is 22.3 Å². The molecule has 2 aromatic rings. The van der Waals surface area contributed by atoms with Crippen LogP contribution >= 0.6 is 0 Å². The van der Waals surface area contributed by atoms with Crippen LogP contribution in [0.15, 0.2) is 40.3 Å². The van der Waals surface area contributed by atoms with E-state index in [-0.39, 0.29) is 16.3 Å². The van der Waals surface area contributed by atoms with Gasteiger partial charge in [0, 0.05) is 11.6 Å². The second-order valence-corrected chi connectivity index (χ2v) is 7.22. The molecule has 0 saturated carbocycles. The highest BCUT2D eigenvalue weighted by Gasteiger charge is 2.19. The molecule has 0 amide bonds. The largest absolute Gasteiger partial charge is 0.507 e. The molecule has 0 aromatic heterocycles. The molecule has 0 fully saturated rings. The van der Waals surface area contributed by atoms with Gasteiger partial charge in [0.15, 0.2) is 0 Å².